The fraction of sp³-hybridized carbons (Fsp3) is 0.435. The number of benzene rings is 2. The van der Waals surface area contributed by atoms with E-state index in [9.17, 15) is 0 Å². The van der Waals surface area contributed by atoms with Gasteiger partial charge in [0.25, 0.3) is 0 Å². The van der Waals surface area contributed by atoms with Crippen LogP contribution in [0.15, 0.2) is 47.5 Å². The highest BCUT2D eigenvalue weighted by Gasteiger charge is 2.11. The van der Waals surface area contributed by atoms with Crippen molar-refractivity contribution in [3.8, 4) is 11.5 Å². The van der Waals surface area contributed by atoms with E-state index < -0.39 is 0 Å². The molecule has 6 nitrogen and oxygen atoms in total. The number of ether oxygens (including phenoxy) is 3. The van der Waals surface area contributed by atoms with Crippen LogP contribution in [-0.4, -0.2) is 31.8 Å². The van der Waals surface area contributed by atoms with Crippen molar-refractivity contribution in [2.24, 2.45) is 4.99 Å². The first kappa shape index (κ1) is 21.0. The molecular weight excluding hydrogens is 366 g/mol. The summed E-state index contributed by atoms with van der Waals surface area (Å²) in [7, 11) is 0. The first-order valence-corrected chi connectivity index (χ1v) is 10.3. The smallest absolute Gasteiger partial charge is 0.196 e. The van der Waals surface area contributed by atoms with Crippen molar-refractivity contribution in [2.45, 2.75) is 46.4 Å². The first-order chi connectivity index (χ1) is 14.1. The number of hydrogen-bond acceptors (Lipinski definition) is 4. The second-order valence-electron chi connectivity index (χ2n) is 7.21. The molecule has 2 N–H and O–H groups in total. The van der Waals surface area contributed by atoms with Crippen LogP contribution in [0.3, 0.4) is 0 Å². The van der Waals surface area contributed by atoms with Gasteiger partial charge in [-0.2, -0.15) is 0 Å². The summed E-state index contributed by atoms with van der Waals surface area (Å²) in [6.07, 6.45) is 1.11. The lowest BCUT2D eigenvalue weighted by molar-refractivity contribution is 0.0657. The summed E-state index contributed by atoms with van der Waals surface area (Å²) in [5.74, 6) is 2.28. The van der Waals surface area contributed by atoms with Crippen molar-refractivity contribution >= 4 is 11.6 Å². The monoisotopic (exact) mass is 397 g/mol. The Kier molecular flexibility index (Phi) is 7.76. The van der Waals surface area contributed by atoms with Crippen LogP contribution in [0.5, 0.6) is 11.5 Å². The van der Waals surface area contributed by atoms with Gasteiger partial charge in [-0.1, -0.05) is 24.3 Å². The van der Waals surface area contributed by atoms with E-state index in [1.807, 2.05) is 38.1 Å². The SMILES string of the molecule is CCNC(=NCc1cccc(COC(C)C)c1)Nc1ccc2c(c1)OCCCO2. The van der Waals surface area contributed by atoms with Crippen LogP contribution in [0.25, 0.3) is 0 Å². The Morgan fingerprint density at radius 2 is 1.86 bits per heavy atom. The third-order valence-corrected chi connectivity index (χ3v) is 4.35. The molecule has 0 aliphatic carbocycles. The zero-order chi connectivity index (χ0) is 20.5. The summed E-state index contributed by atoms with van der Waals surface area (Å²) in [5.41, 5.74) is 3.21. The second-order valence-corrected chi connectivity index (χ2v) is 7.21. The maximum atomic E-state index is 5.78. The molecule has 0 aromatic heterocycles. The van der Waals surface area contributed by atoms with Gasteiger partial charge in [0, 0.05) is 24.7 Å². The molecule has 29 heavy (non-hydrogen) atoms. The van der Waals surface area contributed by atoms with Gasteiger partial charge in [0.2, 0.25) is 0 Å². The fourth-order valence-corrected chi connectivity index (χ4v) is 2.94. The summed E-state index contributed by atoms with van der Waals surface area (Å²) in [6.45, 7) is 9.46. The molecule has 2 aromatic rings. The van der Waals surface area contributed by atoms with Gasteiger partial charge in [0.1, 0.15) is 0 Å². The minimum Gasteiger partial charge on any atom is -0.490 e. The van der Waals surface area contributed by atoms with E-state index in [4.69, 9.17) is 19.2 Å². The molecule has 1 aliphatic rings. The average Bonchev–Trinajstić information content (AvgIpc) is 2.96. The molecule has 3 rings (SSSR count). The normalized spacial score (nSPS) is 13.9. The van der Waals surface area contributed by atoms with E-state index in [0.29, 0.717) is 26.4 Å². The van der Waals surface area contributed by atoms with E-state index in [-0.39, 0.29) is 6.10 Å². The fourth-order valence-electron chi connectivity index (χ4n) is 2.94. The molecule has 0 saturated carbocycles. The van der Waals surface area contributed by atoms with Gasteiger partial charge in [0.05, 0.1) is 32.5 Å². The lowest BCUT2D eigenvalue weighted by Gasteiger charge is -2.14. The minimum atomic E-state index is 0.219. The summed E-state index contributed by atoms with van der Waals surface area (Å²) in [5, 5.41) is 6.64. The molecule has 0 bridgehead atoms. The van der Waals surface area contributed by atoms with Gasteiger partial charge in [-0.3, -0.25) is 0 Å². The van der Waals surface area contributed by atoms with Gasteiger partial charge in [-0.15, -0.1) is 0 Å². The van der Waals surface area contributed by atoms with Crippen LogP contribution < -0.4 is 20.1 Å². The van der Waals surface area contributed by atoms with Crippen molar-refractivity contribution in [1.29, 1.82) is 0 Å². The molecule has 1 heterocycles. The van der Waals surface area contributed by atoms with Crippen LogP contribution in [0.1, 0.15) is 38.3 Å². The molecular formula is C23H31N3O3. The van der Waals surface area contributed by atoms with Gasteiger partial charge >= 0.3 is 0 Å². The van der Waals surface area contributed by atoms with E-state index in [0.717, 1.165) is 47.2 Å². The zero-order valence-electron chi connectivity index (χ0n) is 17.5. The Morgan fingerprint density at radius 3 is 2.66 bits per heavy atom. The number of aliphatic imine (C=N–C) groups is 1. The largest absolute Gasteiger partial charge is 0.490 e. The number of nitrogens with one attached hydrogen (secondary N) is 2. The van der Waals surface area contributed by atoms with Crippen LogP contribution in [0, 0.1) is 0 Å². The quantitative estimate of drug-likeness (QED) is 0.537. The molecule has 0 radical (unpaired) electrons. The van der Waals surface area contributed by atoms with E-state index in [2.05, 4.69) is 35.8 Å². The van der Waals surface area contributed by atoms with Crippen LogP contribution in [0.4, 0.5) is 5.69 Å². The highest BCUT2D eigenvalue weighted by Crippen LogP contribution is 2.32. The van der Waals surface area contributed by atoms with Crippen molar-refractivity contribution in [3.63, 3.8) is 0 Å². The number of guanidine groups is 1. The summed E-state index contributed by atoms with van der Waals surface area (Å²) in [4.78, 5) is 4.73. The standard InChI is InChI=1S/C23H31N3O3/c1-4-24-23(25-15-18-7-5-8-19(13-18)16-29-17(2)3)26-20-9-10-21-22(14-20)28-12-6-11-27-21/h5,7-10,13-14,17H,4,6,11-12,15-16H2,1-3H3,(H2,24,25,26). The average molecular weight is 398 g/mol. The topological polar surface area (TPSA) is 64.1 Å². The number of rotatable bonds is 7. The van der Waals surface area contributed by atoms with E-state index in [1.165, 1.54) is 0 Å². The second kappa shape index (κ2) is 10.7. The molecule has 0 unspecified atom stereocenters. The molecule has 2 aromatic carbocycles. The van der Waals surface area contributed by atoms with Gasteiger partial charge in [-0.05, 0) is 44.0 Å². The van der Waals surface area contributed by atoms with Crippen molar-refractivity contribution in [3.05, 3.63) is 53.6 Å². The Morgan fingerprint density at radius 1 is 1.07 bits per heavy atom. The third-order valence-electron chi connectivity index (χ3n) is 4.35. The predicted molar refractivity (Wildman–Crippen MR) is 117 cm³/mol. The Balaban J connectivity index is 1.67. The maximum absolute atomic E-state index is 5.78. The highest BCUT2D eigenvalue weighted by molar-refractivity contribution is 5.93. The van der Waals surface area contributed by atoms with Gasteiger partial charge in [0.15, 0.2) is 17.5 Å². The maximum Gasteiger partial charge on any atom is 0.196 e. The highest BCUT2D eigenvalue weighted by atomic mass is 16.5. The lowest BCUT2D eigenvalue weighted by Crippen LogP contribution is -2.30. The van der Waals surface area contributed by atoms with Crippen LogP contribution >= 0.6 is 0 Å². The van der Waals surface area contributed by atoms with Crippen LogP contribution in [0.2, 0.25) is 0 Å². The van der Waals surface area contributed by atoms with E-state index in [1.54, 1.807) is 0 Å². The molecule has 1 aliphatic heterocycles. The Labute approximate surface area is 173 Å². The Bertz CT molecular complexity index is 821. The number of hydrogen-bond donors (Lipinski definition) is 2. The molecule has 6 heteroatoms. The molecule has 0 saturated heterocycles. The molecule has 0 spiro atoms. The molecule has 0 atom stereocenters. The van der Waals surface area contributed by atoms with Crippen molar-refractivity contribution in [1.82, 2.24) is 5.32 Å². The van der Waals surface area contributed by atoms with Gasteiger partial charge in [-0.25, -0.2) is 4.99 Å². The molecule has 156 valence electrons. The number of anilines is 1. The van der Waals surface area contributed by atoms with Gasteiger partial charge < -0.3 is 24.8 Å². The van der Waals surface area contributed by atoms with Crippen LogP contribution in [-0.2, 0) is 17.9 Å². The predicted octanol–water partition coefficient (Wildman–Crippen LogP) is 4.35. The summed E-state index contributed by atoms with van der Waals surface area (Å²) < 4.78 is 17.2. The van der Waals surface area contributed by atoms with Crippen molar-refractivity contribution < 1.29 is 14.2 Å². The minimum absolute atomic E-state index is 0.219. The summed E-state index contributed by atoms with van der Waals surface area (Å²) >= 11 is 0. The molecule has 0 amide bonds. The molecule has 0 fully saturated rings. The number of fused-ring (bicyclic) bond motifs is 1. The lowest BCUT2D eigenvalue weighted by atomic mass is 10.1. The van der Waals surface area contributed by atoms with E-state index >= 15 is 0 Å². The third kappa shape index (κ3) is 6.68. The Hall–Kier alpha value is -2.73. The number of nitrogens with zero attached hydrogens (tertiary/aromatic N) is 1. The zero-order valence-corrected chi connectivity index (χ0v) is 17.5. The first-order valence-electron chi connectivity index (χ1n) is 10.3. The summed E-state index contributed by atoms with van der Waals surface area (Å²) in [6, 6.07) is 14.2. The van der Waals surface area contributed by atoms with Crippen molar-refractivity contribution in [2.75, 3.05) is 25.1 Å².